The van der Waals surface area contributed by atoms with Gasteiger partial charge in [-0.3, -0.25) is 9.78 Å². The molecular formula is C19H22N2O3S. The molecule has 0 aliphatic heterocycles. The topological polar surface area (TPSA) is 60.5 Å². The molecule has 2 aromatic rings. The van der Waals surface area contributed by atoms with E-state index in [4.69, 9.17) is 15.9 Å². The molecule has 0 radical (unpaired) electrons. The van der Waals surface area contributed by atoms with Gasteiger partial charge < -0.3 is 14.8 Å². The minimum absolute atomic E-state index is 0.204. The fourth-order valence-corrected chi connectivity index (χ4v) is 2.86. The summed E-state index contributed by atoms with van der Waals surface area (Å²) in [7, 11) is 1.60. The summed E-state index contributed by atoms with van der Waals surface area (Å²) in [4.78, 5) is 16.8. The van der Waals surface area contributed by atoms with E-state index in [-0.39, 0.29) is 5.91 Å². The van der Waals surface area contributed by atoms with Crippen LogP contribution in [0.4, 0.5) is 0 Å². The van der Waals surface area contributed by atoms with E-state index in [0.29, 0.717) is 17.9 Å². The van der Waals surface area contributed by atoms with Crippen molar-refractivity contribution in [1.82, 2.24) is 10.3 Å². The molecule has 0 saturated carbocycles. The van der Waals surface area contributed by atoms with Gasteiger partial charge >= 0.3 is 0 Å². The number of hydrogen-bond acceptors (Lipinski definition) is 5. The zero-order valence-corrected chi connectivity index (χ0v) is 15.6. The minimum Gasteiger partial charge on any atom is -0.470 e. The number of pyridine rings is 1. The summed E-state index contributed by atoms with van der Waals surface area (Å²) in [5.41, 5.74) is 0.373. The SMILES string of the molecule is C#Cc1cnc2ccc(OC(SC)C(=O)NC(C)(C)COC)cc2c1. The monoisotopic (exact) mass is 358 g/mol. The third-order valence-electron chi connectivity index (χ3n) is 3.46. The Bertz CT molecular complexity index is 799. The second-order valence-electron chi connectivity index (χ2n) is 6.21. The fourth-order valence-electron chi connectivity index (χ4n) is 2.38. The first kappa shape index (κ1) is 19.1. The van der Waals surface area contributed by atoms with Crippen LogP contribution in [0.5, 0.6) is 5.75 Å². The van der Waals surface area contributed by atoms with Crippen LogP contribution in [0.3, 0.4) is 0 Å². The molecular weight excluding hydrogens is 336 g/mol. The number of benzene rings is 1. The summed E-state index contributed by atoms with van der Waals surface area (Å²) in [5.74, 6) is 2.95. The summed E-state index contributed by atoms with van der Waals surface area (Å²) < 4.78 is 11.0. The highest BCUT2D eigenvalue weighted by Crippen LogP contribution is 2.23. The summed E-state index contributed by atoms with van der Waals surface area (Å²) in [6, 6.07) is 7.34. The molecule has 1 N–H and O–H groups in total. The molecule has 0 aliphatic rings. The van der Waals surface area contributed by atoms with Gasteiger partial charge in [0.1, 0.15) is 5.75 Å². The first-order valence-electron chi connectivity index (χ1n) is 7.75. The van der Waals surface area contributed by atoms with Gasteiger partial charge in [-0.25, -0.2) is 0 Å². The molecule has 1 unspecified atom stereocenters. The van der Waals surface area contributed by atoms with Gasteiger partial charge in [-0.1, -0.05) is 5.92 Å². The van der Waals surface area contributed by atoms with Crippen molar-refractivity contribution in [3.8, 4) is 18.1 Å². The normalized spacial score (nSPS) is 12.4. The van der Waals surface area contributed by atoms with E-state index in [1.807, 2.05) is 38.3 Å². The summed E-state index contributed by atoms with van der Waals surface area (Å²) in [6.07, 6.45) is 8.89. The van der Waals surface area contributed by atoms with Crippen molar-refractivity contribution < 1.29 is 14.3 Å². The van der Waals surface area contributed by atoms with Gasteiger partial charge in [-0.2, -0.15) is 0 Å². The molecule has 1 heterocycles. The van der Waals surface area contributed by atoms with Crippen molar-refractivity contribution in [2.45, 2.75) is 24.8 Å². The van der Waals surface area contributed by atoms with Crippen molar-refractivity contribution in [3.63, 3.8) is 0 Å². The molecule has 0 spiro atoms. The number of methoxy groups -OCH3 is 1. The van der Waals surface area contributed by atoms with Gasteiger partial charge in [0.15, 0.2) is 0 Å². The third kappa shape index (κ3) is 5.12. The quantitative estimate of drug-likeness (QED) is 0.609. The number of fused-ring (bicyclic) bond motifs is 1. The lowest BCUT2D eigenvalue weighted by molar-refractivity contribution is -0.126. The Morgan fingerprint density at radius 3 is 2.84 bits per heavy atom. The van der Waals surface area contributed by atoms with E-state index in [1.165, 1.54) is 11.8 Å². The van der Waals surface area contributed by atoms with Gasteiger partial charge in [0.05, 0.1) is 17.7 Å². The maximum absolute atomic E-state index is 12.5. The van der Waals surface area contributed by atoms with Gasteiger partial charge in [0.2, 0.25) is 5.44 Å². The van der Waals surface area contributed by atoms with Crippen LogP contribution in [0.15, 0.2) is 30.5 Å². The predicted molar refractivity (Wildman–Crippen MR) is 102 cm³/mol. The van der Waals surface area contributed by atoms with E-state index >= 15 is 0 Å². The fraction of sp³-hybridized carbons (Fsp3) is 0.368. The lowest BCUT2D eigenvalue weighted by Crippen LogP contribution is -2.50. The zero-order valence-electron chi connectivity index (χ0n) is 14.8. The standard InChI is InChI=1S/C19H22N2O3S/c1-6-13-9-14-10-15(7-8-16(14)20-11-13)24-18(25-5)17(22)21-19(2,3)12-23-4/h1,7-11,18H,12H2,2-5H3,(H,21,22). The molecule has 1 aromatic heterocycles. The van der Waals surface area contributed by atoms with Crippen LogP contribution in [0, 0.1) is 12.3 Å². The van der Waals surface area contributed by atoms with Gasteiger partial charge in [0.25, 0.3) is 5.91 Å². The third-order valence-corrected chi connectivity index (χ3v) is 4.20. The maximum atomic E-state index is 12.5. The Kier molecular flexibility index (Phi) is 6.29. The zero-order chi connectivity index (χ0) is 18.4. The average Bonchev–Trinajstić information content (AvgIpc) is 2.58. The number of nitrogens with one attached hydrogen (secondary N) is 1. The molecule has 0 aliphatic carbocycles. The van der Waals surface area contributed by atoms with E-state index in [1.54, 1.807) is 19.4 Å². The minimum atomic E-state index is -0.669. The molecule has 0 fully saturated rings. The summed E-state index contributed by atoms with van der Waals surface area (Å²) in [5, 5.41) is 3.80. The second-order valence-corrected chi connectivity index (χ2v) is 7.11. The second kappa shape index (κ2) is 8.24. The Labute approximate surface area is 152 Å². The molecule has 1 aromatic carbocycles. The number of carbonyl (C=O) groups excluding carboxylic acids is 1. The van der Waals surface area contributed by atoms with Crippen LogP contribution in [0.1, 0.15) is 19.4 Å². The van der Waals surface area contributed by atoms with Crippen LogP contribution in [0.2, 0.25) is 0 Å². The van der Waals surface area contributed by atoms with E-state index in [2.05, 4.69) is 16.2 Å². The van der Waals surface area contributed by atoms with Gasteiger partial charge in [0, 0.05) is 24.3 Å². The van der Waals surface area contributed by atoms with Crippen molar-refractivity contribution in [2.75, 3.05) is 20.0 Å². The Morgan fingerprint density at radius 2 is 2.20 bits per heavy atom. The molecule has 25 heavy (non-hydrogen) atoms. The molecule has 0 bridgehead atoms. The van der Waals surface area contributed by atoms with Crippen LogP contribution in [-0.4, -0.2) is 41.8 Å². The van der Waals surface area contributed by atoms with Crippen molar-refractivity contribution in [2.24, 2.45) is 0 Å². The first-order valence-corrected chi connectivity index (χ1v) is 9.04. The lowest BCUT2D eigenvalue weighted by atomic mass is 10.1. The van der Waals surface area contributed by atoms with Crippen LogP contribution < -0.4 is 10.1 Å². The van der Waals surface area contributed by atoms with Crippen molar-refractivity contribution in [3.05, 3.63) is 36.0 Å². The number of carbonyl (C=O) groups is 1. The molecule has 1 amide bonds. The van der Waals surface area contributed by atoms with Gasteiger partial charge in [-0.15, -0.1) is 18.2 Å². The molecule has 2 rings (SSSR count). The first-order chi connectivity index (χ1) is 11.9. The molecule has 132 valence electrons. The van der Waals surface area contributed by atoms with E-state index in [9.17, 15) is 4.79 Å². The average molecular weight is 358 g/mol. The number of aromatic nitrogens is 1. The van der Waals surface area contributed by atoms with E-state index < -0.39 is 11.0 Å². The lowest BCUT2D eigenvalue weighted by Gasteiger charge is -2.27. The highest BCUT2D eigenvalue weighted by molar-refractivity contribution is 7.99. The molecule has 0 saturated heterocycles. The van der Waals surface area contributed by atoms with Crippen LogP contribution in [0.25, 0.3) is 10.9 Å². The van der Waals surface area contributed by atoms with Crippen molar-refractivity contribution in [1.29, 1.82) is 0 Å². The number of ether oxygens (including phenoxy) is 2. The molecule has 6 heteroatoms. The molecule has 5 nitrogen and oxygen atoms in total. The highest BCUT2D eigenvalue weighted by Gasteiger charge is 2.26. The predicted octanol–water partition coefficient (Wildman–Crippen LogP) is 2.83. The van der Waals surface area contributed by atoms with Crippen LogP contribution in [-0.2, 0) is 9.53 Å². The smallest absolute Gasteiger partial charge is 0.272 e. The maximum Gasteiger partial charge on any atom is 0.272 e. The Balaban J connectivity index is 2.16. The number of terminal acetylenes is 1. The largest absolute Gasteiger partial charge is 0.470 e. The summed E-state index contributed by atoms with van der Waals surface area (Å²) >= 11 is 1.32. The van der Waals surface area contributed by atoms with Gasteiger partial charge in [-0.05, 0) is 44.4 Å². The van der Waals surface area contributed by atoms with Crippen LogP contribution >= 0.6 is 11.8 Å². The Hall–Kier alpha value is -2.23. The summed E-state index contributed by atoms with van der Waals surface area (Å²) in [6.45, 7) is 4.21. The highest BCUT2D eigenvalue weighted by atomic mass is 32.2. The number of rotatable bonds is 7. The van der Waals surface area contributed by atoms with E-state index in [0.717, 1.165) is 10.9 Å². The number of nitrogens with zero attached hydrogens (tertiary/aromatic N) is 1. The number of amides is 1. The van der Waals surface area contributed by atoms with Crippen molar-refractivity contribution >= 4 is 28.6 Å². The number of thioether (sulfide) groups is 1. The Morgan fingerprint density at radius 1 is 1.44 bits per heavy atom. The molecule has 1 atom stereocenters. The number of hydrogen-bond donors (Lipinski definition) is 1.